The zero-order chi connectivity index (χ0) is 39.0. The Hall–Kier alpha value is -5.40. The highest BCUT2D eigenvalue weighted by molar-refractivity contribution is 6.33. The topological polar surface area (TPSA) is 129 Å². The van der Waals surface area contributed by atoms with Crippen LogP contribution in [0.2, 0.25) is 10.0 Å². The van der Waals surface area contributed by atoms with E-state index in [2.05, 4.69) is 10.4 Å². The van der Waals surface area contributed by atoms with Gasteiger partial charge >= 0.3 is 6.18 Å². The van der Waals surface area contributed by atoms with Crippen LogP contribution in [-0.2, 0) is 37.3 Å². The number of benzene rings is 3. The number of likely N-dealkylation sites (tertiary alicyclic amines) is 1. The van der Waals surface area contributed by atoms with E-state index in [0.717, 1.165) is 10.6 Å². The largest absolute Gasteiger partial charge is 0.504 e. The van der Waals surface area contributed by atoms with E-state index < -0.39 is 69.5 Å². The van der Waals surface area contributed by atoms with Crippen LogP contribution in [-0.4, -0.2) is 50.7 Å². The maximum atomic E-state index is 15.3. The van der Waals surface area contributed by atoms with E-state index in [1.165, 1.54) is 24.1 Å². The first-order valence-electron chi connectivity index (χ1n) is 17.4. The zero-order valence-corrected chi connectivity index (χ0v) is 30.4. The van der Waals surface area contributed by atoms with Gasteiger partial charge in [-0.3, -0.25) is 29.5 Å². The van der Waals surface area contributed by atoms with E-state index in [1.54, 1.807) is 30.3 Å². The molecule has 0 bridgehead atoms. The minimum absolute atomic E-state index is 0.0383. The molecule has 4 aliphatic rings. The monoisotopic (exact) mass is 790 g/mol. The van der Waals surface area contributed by atoms with Gasteiger partial charge in [-0.05, 0) is 65.8 Å². The maximum Gasteiger partial charge on any atom is 0.417 e. The van der Waals surface area contributed by atoms with Crippen LogP contribution in [0.5, 0.6) is 11.5 Å². The molecule has 10 nitrogen and oxygen atoms in total. The molecule has 55 heavy (non-hydrogen) atoms. The Bertz CT molecular complexity index is 2290. The second-order valence-electron chi connectivity index (χ2n) is 14.1. The van der Waals surface area contributed by atoms with Crippen molar-refractivity contribution in [1.82, 2.24) is 14.9 Å². The highest BCUT2D eigenvalue weighted by Gasteiger charge is 2.70. The van der Waals surface area contributed by atoms with Crippen LogP contribution in [0.3, 0.4) is 0 Å². The van der Waals surface area contributed by atoms with Crippen molar-refractivity contribution >= 4 is 52.6 Å². The average molecular weight is 792 g/mol. The molecule has 0 spiro atoms. The third kappa shape index (κ3) is 5.74. The van der Waals surface area contributed by atoms with Gasteiger partial charge in [-0.25, -0.2) is 4.98 Å². The summed E-state index contributed by atoms with van der Waals surface area (Å²) in [5.74, 6) is -7.16. The predicted molar refractivity (Wildman–Crippen MR) is 194 cm³/mol. The SMILES string of the molecule is COc1ccc(C2C3=CCC4C(=O)N(Cc5ccccc5)C(=O)C4C3CC3C(=O)N(Nc4ncc(C(F)(F)F)cc4Cl)C(=O)C32c2ccc(Cl)cc2)cc1O. The van der Waals surface area contributed by atoms with Crippen LogP contribution < -0.4 is 10.2 Å². The zero-order valence-electron chi connectivity index (χ0n) is 28.9. The number of methoxy groups -OCH3 is 1. The molecular weight excluding hydrogens is 760 g/mol. The first kappa shape index (κ1) is 36.6. The molecule has 3 heterocycles. The van der Waals surface area contributed by atoms with E-state index in [4.69, 9.17) is 27.9 Å². The van der Waals surface area contributed by atoms with Crippen molar-refractivity contribution in [1.29, 1.82) is 0 Å². The van der Waals surface area contributed by atoms with Gasteiger partial charge in [0.2, 0.25) is 11.8 Å². The van der Waals surface area contributed by atoms with E-state index in [9.17, 15) is 32.7 Å². The van der Waals surface area contributed by atoms with Gasteiger partial charge in [0.1, 0.15) is 0 Å². The lowest BCUT2D eigenvalue weighted by Gasteiger charge is -2.50. The quantitative estimate of drug-likeness (QED) is 0.147. The molecule has 2 N–H and O–H groups in total. The molecule has 1 saturated carbocycles. The molecule has 2 saturated heterocycles. The van der Waals surface area contributed by atoms with E-state index in [-0.39, 0.29) is 42.6 Å². The summed E-state index contributed by atoms with van der Waals surface area (Å²) in [6.45, 7) is 0.0669. The summed E-state index contributed by atoms with van der Waals surface area (Å²) in [5.41, 5.74) is 1.93. The minimum Gasteiger partial charge on any atom is -0.504 e. The van der Waals surface area contributed by atoms with Gasteiger partial charge in [-0.1, -0.05) is 83.4 Å². The van der Waals surface area contributed by atoms with Crippen molar-refractivity contribution in [2.45, 2.75) is 36.9 Å². The van der Waals surface area contributed by atoms with Crippen molar-refractivity contribution in [3.63, 3.8) is 0 Å². The summed E-state index contributed by atoms with van der Waals surface area (Å²) in [6.07, 6.45) is -2.21. The Balaban J connectivity index is 1.29. The number of hydrazine groups is 1. The van der Waals surface area contributed by atoms with Crippen LogP contribution in [0.25, 0.3) is 0 Å². The number of fused-ring (bicyclic) bond motifs is 4. The third-order valence-electron chi connectivity index (χ3n) is 11.4. The van der Waals surface area contributed by atoms with Crippen LogP contribution in [0.4, 0.5) is 19.0 Å². The van der Waals surface area contributed by atoms with E-state index in [1.807, 2.05) is 36.4 Å². The molecule has 0 radical (unpaired) electrons. The van der Waals surface area contributed by atoms with Crippen molar-refractivity contribution < 1.29 is 42.2 Å². The van der Waals surface area contributed by atoms with Gasteiger partial charge in [0.15, 0.2) is 17.3 Å². The molecule has 6 atom stereocenters. The molecule has 8 rings (SSSR count). The smallest absolute Gasteiger partial charge is 0.417 e. The van der Waals surface area contributed by atoms with Crippen molar-refractivity contribution in [3.8, 4) is 11.5 Å². The number of hydrogen-bond donors (Lipinski definition) is 2. The number of aromatic nitrogens is 1. The fourth-order valence-corrected chi connectivity index (χ4v) is 9.37. The summed E-state index contributed by atoms with van der Waals surface area (Å²) in [5, 5.41) is 11.7. The van der Waals surface area contributed by atoms with Crippen LogP contribution in [0.1, 0.15) is 41.0 Å². The highest BCUT2D eigenvalue weighted by atomic mass is 35.5. The number of carbonyl (C=O) groups excluding carboxylic acids is 4. The number of allylic oxidation sites excluding steroid dienone is 2. The molecular formula is C40H31Cl2F3N4O6. The Morgan fingerprint density at radius 3 is 2.33 bits per heavy atom. The van der Waals surface area contributed by atoms with E-state index in [0.29, 0.717) is 34.0 Å². The Morgan fingerprint density at radius 2 is 1.67 bits per heavy atom. The van der Waals surface area contributed by atoms with Crippen molar-refractivity contribution in [2.24, 2.45) is 23.7 Å². The van der Waals surface area contributed by atoms with Gasteiger partial charge in [-0.15, -0.1) is 0 Å². The first-order chi connectivity index (χ1) is 26.2. The number of imide groups is 2. The lowest BCUT2D eigenvalue weighted by Crippen LogP contribution is -2.53. The van der Waals surface area contributed by atoms with Crippen LogP contribution >= 0.6 is 23.2 Å². The first-order valence-corrected chi connectivity index (χ1v) is 18.1. The number of phenolic OH excluding ortho intramolecular Hbond substituents is 1. The summed E-state index contributed by atoms with van der Waals surface area (Å²) in [7, 11) is 1.38. The normalized spacial score (nSPS) is 26.1. The summed E-state index contributed by atoms with van der Waals surface area (Å²) in [6, 6.07) is 20.8. The number of nitrogens with zero attached hydrogens (tertiary/aromatic N) is 3. The number of anilines is 1. The maximum absolute atomic E-state index is 15.3. The van der Waals surface area contributed by atoms with Gasteiger partial charge in [0.25, 0.3) is 11.8 Å². The molecule has 3 fully saturated rings. The number of pyridine rings is 1. The fraction of sp³-hybridized carbons (Fsp3) is 0.275. The number of ether oxygens (including phenoxy) is 1. The van der Waals surface area contributed by atoms with Crippen molar-refractivity contribution in [3.05, 3.63) is 129 Å². The second-order valence-corrected chi connectivity index (χ2v) is 14.9. The standard InChI is InChI=1S/C40H31Cl2F3N4O6/c1-55-31-14-7-21(15-30(31)50)33-25-12-13-26-32(37(53)48(35(26)51)19-20-5-3-2-4-6-20)27(25)17-28-36(52)49(38(54)39(28,33)22-8-10-24(41)11-9-22)47-34-29(42)16-23(18-46-34)40(43,44)45/h2-12,14-16,18,26-28,32-33,50H,13,17,19H2,1H3,(H,46,47). The molecule has 6 unspecified atom stereocenters. The molecule has 282 valence electrons. The Morgan fingerprint density at radius 1 is 0.945 bits per heavy atom. The number of phenols is 1. The number of carbonyl (C=O) groups is 4. The van der Waals surface area contributed by atoms with Gasteiger partial charge in [0, 0.05) is 17.1 Å². The molecule has 2 aliphatic heterocycles. The van der Waals surface area contributed by atoms with E-state index >= 15 is 4.79 Å². The molecule has 1 aromatic heterocycles. The van der Waals surface area contributed by atoms with Gasteiger partial charge < -0.3 is 9.84 Å². The number of hydrogen-bond acceptors (Lipinski definition) is 8. The number of alkyl halides is 3. The Labute approximate surface area is 322 Å². The van der Waals surface area contributed by atoms with Crippen LogP contribution in [0, 0.1) is 23.7 Å². The highest BCUT2D eigenvalue weighted by Crippen LogP contribution is 2.64. The number of aromatic hydroxyl groups is 1. The van der Waals surface area contributed by atoms with Gasteiger partial charge in [0.05, 0.1) is 47.4 Å². The molecule has 3 aromatic carbocycles. The molecule has 4 amide bonds. The summed E-state index contributed by atoms with van der Waals surface area (Å²) >= 11 is 12.6. The molecule has 4 aromatic rings. The number of amides is 4. The molecule has 2 aliphatic carbocycles. The number of nitrogens with one attached hydrogen (secondary N) is 1. The Kier molecular flexibility index (Phi) is 8.92. The number of halogens is 5. The van der Waals surface area contributed by atoms with Crippen molar-refractivity contribution in [2.75, 3.05) is 12.5 Å². The third-order valence-corrected chi connectivity index (χ3v) is 11.9. The lowest BCUT2D eigenvalue weighted by molar-refractivity contribution is -0.142. The van der Waals surface area contributed by atoms with Crippen LogP contribution in [0.15, 0.2) is 96.7 Å². The summed E-state index contributed by atoms with van der Waals surface area (Å²) in [4.78, 5) is 63.5. The average Bonchev–Trinajstić information content (AvgIpc) is 3.53. The predicted octanol–water partition coefficient (Wildman–Crippen LogP) is 7.31. The number of rotatable bonds is 7. The lowest BCUT2D eigenvalue weighted by atomic mass is 9.49. The van der Waals surface area contributed by atoms with Gasteiger partial charge in [-0.2, -0.15) is 18.2 Å². The molecule has 15 heteroatoms. The minimum atomic E-state index is -4.75. The summed E-state index contributed by atoms with van der Waals surface area (Å²) < 4.78 is 45.7. The second kappa shape index (κ2) is 13.4. The fourth-order valence-electron chi connectivity index (χ4n) is 9.03.